The number of amides is 4. The number of methoxy groups -OCH3 is 1. The van der Waals surface area contributed by atoms with Crippen LogP contribution in [0.5, 0.6) is 5.75 Å². The van der Waals surface area contributed by atoms with E-state index in [2.05, 4.69) is 34.8 Å². The third kappa shape index (κ3) is 5.45. The number of nitrogens with one attached hydrogen (secondary N) is 4. The van der Waals surface area contributed by atoms with E-state index in [1.807, 2.05) is 18.2 Å². The van der Waals surface area contributed by atoms with E-state index in [1.54, 1.807) is 18.1 Å². The van der Waals surface area contributed by atoms with Crippen molar-refractivity contribution in [3.8, 4) is 5.75 Å². The molecule has 2 saturated carbocycles. The van der Waals surface area contributed by atoms with Gasteiger partial charge in [-0.05, 0) is 67.1 Å². The zero-order valence-electron chi connectivity index (χ0n) is 25.7. The van der Waals surface area contributed by atoms with Crippen molar-refractivity contribution in [1.29, 1.82) is 0 Å². The topological polar surface area (TPSA) is 150 Å². The first kappa shape index (κ1) is 30.1. The van der Waals surface area contributed by atoms with Crippen molar-refractivity contribution in [2.45, 2.75) is 76.9 Å². The van der Waals surface area contributed by atoms with Gasteiger partial charge in [-0.15, -0.1) is 0 Å². The number of nitrogens with zero attached hydrogens (tertiary/aromatic N) is 1. The van der Waals surface area contributed by atoms with E-state index in [9.17, 15) is 24.0 Å². The maximum atomic E-state index is 14.4. The number of rotatable bonds is 10. The number of benzene rings is 1. The standard InChI is InChI=1S/C33H43N5O6/c1-33(2)22-16-38(28(26(22)33)31(42)35-20(17-39)14-19-12-13-34-29(19)40)32(43)27(18-8-5-4-6-9-18)37-30(41)24-15-21-23(36-24)10-7-11-25(21)44-3/h7,10-11,15,17-20,22,26-28,36H,4-6,8-9,12-14,16H2,1-3H3,(H,34,40)(H,35,42)(H,37,41)/t19-,20-,22-,26-,27?,28-/m0/s1. The molecular formula is C33H43N5O6. The lowest BCUT2D eigenvalue weighted by Crippen LogP contribution is -2.59. The van der Waals surface area contributed by atoms with Crippen molar-refractivity contribution in [1.82, 2.24) is 25.8 Å². The van der Waals surface area contributed by atoms with Crippen LogP contribution in [0.4, 0.5) is 0 Å². The molecule has 0 radical (unpaired) electrons. The molecule has 2 saturated heterocycles. The Morgan fingerprint density at radius 1 is 1.14 bits per heavy atom. The molecule has 11 nitrogen and oxygen atoms in total. The molecule has 236 valence electrons. The van der Waals surface area contributed by atoms with Gasteiger partial charge in [0, 0.05) is 29.9 Å². The van der Waals surface area contributed by atoms with E-state index >= 15 is 0 Å². The van der Waals surface area contributed by atoms with Crippen LogP contribution in [-0.2, 0) is 19.2 Å². The largest absolute Gasteiger partial charge is 0.496 e. The minimum Gasteiger partial charge on any atom is -0.496 e. The van der Waals surface area contributed by atoms with Crippen molar-refractivity contribution in [2.24, 2.45) is 29.1 Å². The molecule has 6 atom stereocenters. The number of hydrogen-bond acceptors (Lipinski definition) is 6. The highest BCUT2D eigenvalue weighted by Crippen LogP contribution is 2.65. The van der Waals surface area contributed by atoms with E-state index in [4.69, 9.17) is 4.74 Å². The number of aromatic nitrogens is 1. The van der Waals surface area contributed by atoms with Gasteiger partial charge in [0.05, 0.1) is 13.2 Å². The molecule has 1 aromatic heterocycles. The van der Waals surface area contributed by atoms with Crippen molar-refractivity contribution in [2.75, 3.05) is 20.2 Å². The Morgan fingerprint density at radius 3 is 2.59 bits per heavy atom. The number of aldehydes is 1. The second-order valence-corrected chi connectivity index (χ2v) is 13.6. The van der Waals surface area contributed by atoms with Crippen molar-refractivity contribution in [3.63, 3.8) is 0 Å². The molecule has 2 aliphatic carbocycles. The van der Waals surface area contributed by atoms with Crippen LogP contribution >= 0.6 is 0 Å². The van der Waals surface area contributed by atoms with Gasteiger partial charge in [-0.3, -0.25) is 19.2 Å². The lowest BCUT2D eigenvalue weighted by atomic mass is 9.83. The van der Waals surface area contributed by atoms with Crippen LogP contribution in [0.25, 0.3) is 10.9 Å². The summed E-state index contributed by atoms with van der Waals surface area (Å²) >= 11 is 0. The first-order valence-corrected chi connectivity index (χ1v) is 15.9. The summed E-state index contributed by atoms with van der Waals surface area (Å²) in [6.07, 6.45) is 6.21. The predicted octanol–water partition coefficient (Wildman–Crippen LogP) is 2.55. The smallest absolute Gasteiger partial charge is 0.268 e. The fourth-order valence-electron chi connectivity index (χ4n) is 8.08. The molecule has 2 aromatic rings. The third-order valence-electron chi connectivity index (χ3n) is 10.7. The average molecular weight is 606 g/mol. The van der Waals surface area contributed by atoms with Crippen LogP contribution in [0.15, 0.2) is 24.3 Å². The van der Waals surface area contributed by atoms with Gasteiger partial charge in [-0.1, -0.05) is 39.2 Å². The van der Waals surface area contributed by atoms with Gasteiger partial charge in [0.15, 0.2) is 0 Å². The first-order chi connectivity index (χ1) is 21.1. The Balaban J connectivity index is 1.23. The monoisotopic (exact) mass is 605 g/mol. The van der Waals surface area contributed by atoms with Crippen molar-refractivity contribution >= 4 is 40.8 Å². The first-order valence-electron chi connectivity index (χ1n) is 15.9. The molecule has 1 aromatic carbocycles. The Hall–Kier alpha value is -3.89. The number of hydrogen-bond donors (Lipinski definition) is 4. The summed E-state index contributed by atoms with van der Waals surface area (Å²) in [7, 11) is 1.58. The summed E-state index contributed by atoms with van der Waals surface area (Å²) in [6.45, 7) is 5.20. The molecule has 11 heteroatoms. The normalized spacial score (nSPS) is 27.2. The quantitative estimate of drug-likeness (QED) is 0.306. The maximum Gasteiger partial charge on any atom is 0.268 e. The Labute approximate surface area is 257 Å². The summed E-state index contributed by atoms with van der Waals surface area (Å²) in [5.74, 6) is -0.723. The Bertz CT molecular complexity index is 1460. The van der Waals surface area contributed by atoms with Crippen molar-refractivity contribution in [3.05, 3.63) is 30.0 Å². The Kier molecular flexibility index (Phi) is 8.15. The van der Waals surface area contributed by atoms with E-state index in [-0.39, 0.29) is 59.1 Å². The fraction of sp³-hybridized carbons (Fsp3) is 0.606. The van der Waals surface area contributed by atoms with Gasteiger partial charge < -0.3 is 35.4 Å². The molecular weight excluding hydrogens is 562 g/mol. The second kappa shape index (κ2) is 11.9. The van der Waals surface area contributed by atoms with E-state index in [0.29, 0.717) is 37.2 Å². The summed E-state index contributed by atoms with van der Waals surface area (Å²) in [5.41, 5.74) is 0.976. The summed E-state index contributed by atoms with van der Waals surface area (Å²) in [4.78, 5) is 70.8. The molecule has 4 fully saturated rings. The summed E-state index contributed by atoms with van der Waals surface area (Å²) in [6, 6.07) is 4.93. The van der Waals surface area contributed by atoms with E-state index < -0.39 is 18.1 Å². The van der Waals surface area contributed by atoms with Gasteiger partial charge in [-0.2, -0.15) is 0 Å². The van der Waals surface area contributed by atoms with Gasteiger partial charge in [0.25, 0.3) is 5.91 Å². The number of likely N-dealkylation sites (tertiary alicyclic amines) is 1. The van der Waals surface area contributed by atoms with Gasteiger partial charge in [0.1, 0.15) is 29.8 Å². The highest BCUT2D eigenvalue weighted by molar-refractivity contribution is 6.02. The molecule has 4 amide bonds. The minimum atomic E-state index is -0.818. The second-order valence-electron chi connectivity index (χ2n) is 13.6. The van der Waals surface area contributed by atoms with Crippen LogP contribution in [-0.4, -0.2) is 78.1 Å². The van der Waals surface area contributed by atoms with Crippen LogP contribution in [0.2, 0.25) is 0 Å². The van der Waals surface area contributed by atoms with Crippen molar-refractivity contribution < 1.29 is 28.7 Å². The van der Waals surface area contributed by atoms with Crippen LogP contribution < -0.4 is 20.7 Å². The predicted molar refractivity (Wildman–Crippen MR) is 163 cm³/mol. The average Bonchev–Trinajstić information content (AvgIpc) is 3.54. The van der Waals surface area contributed by atoms with Crippen LogP contribution in [0, 0.1) is 29.1 Å². The van der Waals surface area contributed by atoms with E-state index in [0.717, 1.165) is 43.0 Å². The highest BCUT2D eigenvalue weighted by Gasteiger charge is 2.69. The Morgan fingerprint density at radius 2 is 1.91 bits per heavy atom. The molecule has 0 spiro atoms. The fourth-order valence-corrected chi connectivity index (χ4v) is 8.08. The number of carbonyl (C=O) groups excluding carboxylic acids is 5. The number of carbonyl (C=O) groups is 5. The number of piperidine rings is 1. The zero-order chi connectivity index (χ0) is 31.2. The van der Waals surface area contributed by atoms with Gasteiger partial charge in [0.2, 0.25) is 17.7 Å². The molecule has 1 unspecified atom stereocenters. The molecule has 44 heavy (non-hydrogen) atoms. The molecule has 2 aliphatic heterocycles. The molecule has 4 aliphatic rings. The summed E-state index contributed by atoms with van der Waals surface area (Å²) < 4.78 is 5.45. The molecule has 0 bridgehead atoms. The van der Waals surface area contributed by atoms with Gasteiger partial charge in [-0.25, -0.2) is 0 Å². The highest BCUT2D eigenvalue weighted by atomic mass is 16.5. The summed E-state index contributed by atoms with van der Waals surface area (Å²) in [5, 5.41) is 9.47. The zero-order valence-corrected chi connectivity index (χ0v) is 25.7. The van der Waals surface area contributed by atoms with Crippen LogP contribution in [0.3, 0.4) is 0 Å². The maximum absolute atomic E-state index is 14.4. The van der Waals surface area contributed by atoms with E-state index in [1.165, 1.54) is 0 Å². The van der Waals surface area contributed by atoms with Crippen LogP contribution in [0.1, 0.15) is 69.3 Å². The molecule has 3 heterocycles. The van der Waals surface area contributed by atoms with Gasteiger partial charge >= 0.3 is 0 Å². The third-order valence-corrected chi connectivity index (χ3v) is 10.7. The number of aromatic amines is 1. The lowest BCUT2D eigenvalue weighted by molar-refractivity contribution is -0.143. The number of fused-ring (bicyclic) bond motifs is 2. The minimum absolute atomic E-state index is 0.0441. The molecule has 4 N–H and O–H groups in total. The number of ether oxygens (including phenoxy) is 1. The SMILES string of the molecule is COc1cccc2[nH]c(C(=O)NC(C(=O)N3C[C@H]4[C@@H]([C@H]3C(=O)N[C@H](C=O)C[C@@H]3CCNC3=O)C4(C)C)C3CCCCC3)cc12. The molecule has 6 rings (SSSR count). The lowest BCUT2D eigenvalue weighted by Gasteiger charge is -2.37. The number of H-pyrrole nitrogens is 1.